The Labute approximate surface area is 189 Å². The van der Waals surface area contributed by atoms with Gasteiger partial charge in [0.15, 0.2) is 0 Å². The van der Waals surface area contributed by atoms with Crippen molar-refractivity contribution in [2.45, 2.75) is 25.3 Å². The molecule has 5 rings (SSSR count). The van der Waals surface area contributed by atoms with Gasteiger partial charge in [0.1, 0.15) is 23.3 Å². The fraction of sp³-hybridized carbons (Fsp3) is 0.208. The molecule has 6 nitrogen and oxygen atoms in total. The molecule has 0 radical (unpaired) electrons. The molecule has 2 aromatic heterocycles. The van der Waals surface area contributed by atoms with Crippen LogP contribution in [0.5, 0.6) is 0 Å². The highest BCUT2D eigenvalue weighted by atomic mass is 35.5. The Morgan fingerprint density at radius 2 is 2.09 bits per heavy atom. The Kier molecular flexibility index (Phi) is 5.49. The highest BCUT2D eigenvalue weighted by molar-refractivity contribution is 6.30. The first-order chi connectivity index (χ1) is 15.6. The molecule has 8 heteroatoms. The average Bonchev–Trinajstić information content (AvgIpc) is 3.54. The summed E-state index contributed by atoms with van der Waals surface area (Å²) in [5, 5.41) is 7.56. The second-order valence-corrected chi connectivity index (χ2v) is 8.21. The largest absolute Gasteiger partial charge is 0.443 e. The van der Waals surface area contributed by atoms with Crippen molar-refractivity contribution >= 4 is 17.5 Å². The highest BCUT2D eigenvalue weighted by Gasteiger charge is 2.34. The second kappa shape index (κ2) is 8.59. The van der Waals surface area contributed by atoms with Gasteiger partial charge in [-0.2, -0.15) is 5.10 Å². The Hall–Kier alpha value is -3.45. The number of benzene rings is 2. The van der Waals surface area contributed by atoms with Crippen LogP contribution in [0.15, 0.2) is 65.2 Å². The molecule has 1 atom stereocenters. The second-order valence-electron chi connectivity index (χ2n) is 7.77. The molecule has 32 heavy (non-hydrogen) atoms. The van der Waals surface area contributed by atoms with E-state index in [1.807, 2.05) is 24.3 Å². The van der Waals surface area contributed by atoms with Crippen molar-refractivity contribution < 1.29 is 13.6 Å². The van der Waals surface area contributed by atoms with Crippen molar-refractivity contribution in [3.05, 3.63) is 94.5 Å². The number of likely N-dealkylation sites (tertiary alicyclic amines) is 1. The molecule has 1 aliphatic rings. The summed E-state index contributed by atoms with van der Waals surface area (Å²) in [6.45, 7) is 0.587. The van der Waals surface area contributed by atoms with Crippen LogP contribution in [0.25, 0.3) is 11.3 Å². The first-order valence-electron chi connectivity index (χ1n) is 10.4. The maximum atomic E-state index is 14.1. The molecule has 4 aromatic rings. The van der Waals surface area contributed by atoms with Crippen molar-refractivity contribution in [1.82, 2.24) is 20.1 Å². The lowest BCUT2D eigenvalue weighted by Gasteiger charge is -2.21. The number of hydrogen-bond donors (Lipinski definition) is 1. The third-order valence-electron chi connectivity index (χ3n) is 5.60. The van der Waals surface area contributed by atoms with Gasteiger partial charge < -0.3 is 9.32 Å². The molecule has 0 spiro atoms. The summed E-state index contributed by atoms with van der Waals surface area (Å²) in [5.41, 5.74) is 2.07. The van der Waals surface area contributed by atoms with Crippen LogP contribution in [-0.4, -0.2) is 32.5 Å². The van der Waals surface area contributed by atoms with Crippen molar-refractivity contribution in [2.24, 2.45) is 0 Å². The molecule has 2 aromatic carbocycles. The lowest BCUT2D eigenvalue weighted by Crippen LogP contribution is -2.31. The van der Waals surface area contributed by atoms with Gasteiger partial charge in [-0.25, -0.2) is 9.37 Å². The number of aromatic nitrogens is 3. The zero-order chi connectivity index (χ0) is 22.1. The molecule has 1 saturated heterocycles. The molecule has 0 saturated carbocycles. The highest BCUT2D eigenvalue weighted by Crippen LogP contribution is 2.33. The lowest BCUT2D eigenvalue weighted by atomic mass is 10.1. The quantitative estimate of drug-likeness (QED) is 0.440. The summed E-state index contributed by atoms with van der Waals surface area (Å²) < 4.78 is 20.1. The summed E-state index contributed by atoms with van der Waals surface area (Å²) in [6, 6.07) is 15.3. The molecule has 162 valence electrons. The van der Waals surface area contributed by atoms with E-state index in [4.69, 9.17) is 16.0 Å². The van der Waals surface area contributed by atoms with Crippen LogP contribution in [-0.2, 0) is 6.42 Å². The van der Waals surface area contributed by atoms with Gasteiger partial charge in [0.2, 0.25) is 5.89 Å². The minimum Gasteiger partial charge on any atom is -0.443 e. The van der Waals surface area contributed by atoms with Crippen LogP contribution in [0.1, 0.15) is 46.6 Å². The minimum absolute atomic E-state index is 0.211. The maximum Gasteiger partial charge on any atom is 0.272 e. The monoisotopic (exact) mass is 450 g/mol. The Balaban J connectivity index is 1.33. The molecule has 1 fully saturated rings. The first kappa shape index (κ1) is 20.5. The third kappa shape index (κ3) is 4.03. The van der Waals surface area contributed by atoms with E-state index in [-0.39, 0.29) is 17.8 Å². The molecule has 1 amide bonds. The molecule has 0 aliphatic carbocycles. The molecule has 0 bridgehead atoms. The van der Waals surface area contributed by atoms with Crippen molar-refractivity contribution in [1.29, 1.82) is 0 Å². The summed E-state index contributed by atoms with van der Waals surface area (Å²) in [5.74, 6) is 0.632. The molecule has 1 N–H and O–H groups in total. The molecule has 3 heterocycles. The average molecular weight is 451 g/mol. The number of H-pyrrole nitrogens is 1. The first-order valence-corrected chi connectivity index (χ1v) is 10.8. The molecule has 1 aliphatic heterocycles. The number of nitrogens with one attached hydrogen (secondary N) is 1. The van der Waals surface area contributed by atoms with E-state index >= 15 is 0 Å². The molecule has 0 unspecified atom stereocenters. The van der Waals surface area contributed by atoms with E-state index < -0.39 is 0 Å². The number of carbonyl (C=O) groups excluding carboxylic acids is 1. The number of amides is 1. The predicted molar refractivity (Wildman–Crippen MR) is 118 cm³/mol. The van der Waals surface area contributed by atoms with E-state index in [9.17, 15) is 9.18 Å². The number of nitrogens with zero attached hydrogens (tertiary/aromatic N) is 3. The van der Waals surface area contributed by atoms with Gasteiger partial charge in [-0.1, -0.05) is 35.9 Å². The van der Waals surface area contributed by atoms with E-state index in [0.717, 1.165) is 18.4 Å². The third-order valence-corrected chi connectivity index (χ3v) is 5.83. The van der Waals surface area contributed by atoms with Crippen molar-refractivity contribution in [2.75, 3.05) is 6.54 Å². The van der Waals surface area contributed by atoms with Gasteiger partial charge in [0, 0.05) is 23.6 Å². The zero-order valence-electron chi connectivity index (χ0n) is 17.1. The van der Waals surface area contributed by atoms with Crippen LogP contribution in [0.2, 0.25) is 5.02 Å². The van der Waals surface area contributed by atoms with Crippen LogP contribution in [0, 0.1) is 5.82 Å². The Morgan fingerprint density at radius 1 is 1.22 bits per heavy atom. The summed E-state index contributed by atoms with van der Waals surface area (Å²) in [4.78, 5) is 19.3. The number of carbonyl (C=O) groups is 1. The Morgan fingerprint density at radius 3 is 2.94 bits per heavy atom. The standard InChI is InChI=1S/C24H20ClFN4O2/c25-16-6-3-5-15(11-16)12-17-14-27-23(32-17)22-9-4-10-30(22)24(31)21-13-20(28-29-21)18-7-1-2-8-19(18)26/h1-3,5-8,11,13-14,22H,4,9-10,12H2,(H,28,29)/t22-/m0/s1. The van der Waals surface area contributed by atoms with Gasteiger partial charge in [-0.15, -0.1) is 0 Å². The van der Waals surface area contributed by atoms with E-state index in [1.165, 1.54) is 6.07 Å². The van der Waals surface area contributed by atoms with E-state index in [2.05, 4.69) is 15.2 Å². The summed E-state index contributed by atoms with van der Waals surface area (Å²) in [6.07, 6.45) is 3.87. The summed E-state index contributed by atoms with van der Waals surface area (Å²) >= 11 is 6.06. The normalized spacial score (nSPS) is 15.9. The van der Waals surface area contributed by atoms with Gasteiger partial charge in [0.25, 0.3) is 5.91 Å². The van der Waals surface area contributed by atoms with Gasteiger partial charge in [-0.3, -0.25) is 9.89 Å². The van der Waals surface area contributed by atoms with Crippen LogP contribution in [0.3, 0.4) is 0 Å². The molecular weight excluding hydrogens is 431 g/mol. The number of rotatable bonds is 5. The fourth-order valence-electron chi connectivity index (χ4n) is 4.07. The number of halogens is 2. The topological polar surface area (TPSA) is 75.0 Å². The van der Waals surface area contributed by atoms with Crippen molar-refractivity contribution in [3.63, 3.8) is 0 Å². The van der Waals surface area contributed by atoms with E-state index in [0.29, 0.717) is 46.6 Å². The number of aromatic amines is 1. The van der Waals surface area contributed by atoms with Crippen LogP contribution in [0.4, 0.5) is 4.39 Å². The fourth-order valence-corrected chi connectivity index (χ4v) is 4.28. The smallest absolute Gasteiger partial charge is 0.272 e. The molecular formula is C24H20ClFN4O2. The lowest BCUT2D eigenvalue weighted by molar-refractivity contribution is 0.0708. The van der Waals surface area contributed by atoms with Gasteiger partial charge in [-0.05, 0) is 48.7 Å². The maximum absolute atomic E-state index is 14.1. The van der Waals surface area contributed by atoms with Crippen molar-refractivity contribution in [3.8, 4) is 11.3 Å². The summed E-state index contributed by atoms with van der Waals surface area (Å²) in [7, 11) is 0. The van der Waals surface area contributed by atoms with Crippen LogP contribution < -0.4 is 0 Å². The number of oxazole rings is 1. The minimum atomic E-state index is -0.385. The number of hydrogen-bond acceptors (Lipinski definition) is 4. The Bertz CT molecular complexity index is 1270. The van der Waals surface area contributed by atoms with Gasteiger partial charge >= 0.3 is 0 Å². The van der Waals surface area contributed by atoms with E-state index in [1.54, 1.807) is 35.4 Å². The van der Waals surface area contributed by atoms with Gasteiger partial charge in [0.05, 0.1) is 11.9 Å². The predicted octanol–water partition coefficient (Wildman–Crippen LogP) is 5.43. The zero-order valence-corrected chi connectivity index (χ0v) is 17.8. The van der Waals surface area contributed by atoms with Crippen LogP contribution >= 0.6 is 11.6 Å². The SMILES string of the molecule is O=C(c1cc(-c2ccccc2F)n[nH]1)N1CCC[C@H]1c1ncc(Cc2cccc(Cl)c2)o1.